The second kappa shape index (κ2) is 10.7. The molecule has 0 aliphatic rings. The highest BCUT2D eigenvalue weighted by atomic mass is 32.2. The number of benzene rings is 1. The van der Waals surface area contributed by atoms with E-state index in [0.717, 1.165) is 16.9 Å². The smallest absolute Gasteiger partial charge is 0.192 e. The number of hydrogen-bond acceptors (Lipinski definition) is 5. The van der Waals surface area contributed by atoms with Crippen LogP contribution in [0.5, 0.6) is 5.75 Å². The van der Waals surface area contributed by atoms with E-state index in [1.54, 1.807) is 7.11 Å². The lowest BCUT2D eigenvalue weighted by Gasteiger charge is -2.36. The molecule has 32 heavy (non-hydrogen) atoms. The summed E-state index contributed by atoms with van der Waals surface area (Å²) < 4.78 is 29.3. The van der Waals surface area contributed by atoms with Gasteiger partial charge in [0.05, 0.1) is 32.5 Å². The summed E-state index contributed by atoms with van der Waals surface area (Å²) in [5.74, 6) is 0.825. The summed E-state index contributed by atoms with van der Waals surface area (Å²) in [6.45, 7) is 18.5. The third-order valence-corrected chi connectivity index (χ3v) is 12.2. The molecule has 1 heterocycles. The molecule has 1 aromatic heterocycles. The van der Waals surface area contributed by atoms with E-state index in [2.05, 4.69) is 43.7 Å². The molecular formula is C24H41N3O3SSi. The lowest BCUT2D eigenvalue weighted by Crippen LogP contribution is -2.41. The van der Waals surface area contributed by atoms with Gasteiger partial charge in [0.15, 0.2) is 8.32 Å². The van der Waals surface area contributed by atoms with Crippen LogP contribution in [0.1, 0.15) is 58.7 Å². The second-order valence-corrected chi connectivity index (χ2v) is 17.6. The van der Waals surface area contributed by atoms with E-state index >= 15 is 0 Å². The number of methoxy groups -OCH3 is 1. The maximum Gasteiger partial charge on any atom is 0.192 e. The van der Waals surface area contributed by atoms with Gasteiger partial charge in [-0.05, 0) is 63.0 Å². The van der Waals surface area contributed by atoms with Crippen LogP contribution in [0.25, 0.3) is 0 Å². The van der Waals surface area contributed by atoms with Gasteiger partial charge in [0.25, 0.3) is 0 Å². The number of aromatic nitrogens is 2. The second-order valence-electron chi connectivity index (χ2n) is 10.7. The number of ether oxygens (including phenoxy) is 1. The maximum atomic E-state index is 12.9. The zero-order chi connectivity index (χ0) is 24.2. The van der Waals surface area contributed by atoms with Gasteiger partial charge in [-0.3, -0.25) is 4.68 Å². The van der Waals surface area contributed by atoms with Gasteiger partial charge in [0, 0.05) is 23.1 Å². The Morgan fingerprint density at radius 3 is 2.28 bits per heavy atom. The van der Waals surface area contributed by atoms with E-state index < -0.39 is 19.7 Å². The van der Waals surface area contributed by atoms with Crippen LogP contribution in [0.2, 0.25) is 18.1 Å². The SMILES string of the molecule is COc1ccc(C[C@H](N[S+]([O-])C(C)(C)C)c2cnn(CCO[Si](C)(C)C(C)(C)C)c2)cc1. The lowest BCUT2D eigenvalue weighted by atomic mass is 10.0. The van der Waals surface area contributed by atoms with Crippen LogP contribution in [-0.4, -0.2) is 41.1 Å². The lowest BCUT2D eigenvalue weighted by molar-refractivity contribution is 0.266. The Labute approximate surface area is 198 Å². The van der Waals surface area contributed by atoms with Crippen molar-refractivity contribution in [3.63, 3.8) is 0 Å². The average molecular weight is 480 g/mol. The van der Waals surface area contributed by atoms with Gasteiger partial charge in [-0.15, -0.1) is 4.72 Å². The molecule has 180 valence electrons. The van der Waals surface area contributed by atoms with Crippen molar-refractivity contribution in [2.75, 3.05) is 13.7 Å². The van der Waals surface area contributed by atoms with Gasteiger partial charge >= 0.3 is 0 Å². The summed E-state index contributed by atoms with van der Waals surface area (Å²) in [7, 11) is -0.118. The quantitative estimate of drug-likeness (QED) is 0.372. The Morgan fingerprint density at radius 1 is 1.12 bits per heavy atom. The molecule has 1 aromatic carbocycles. The van der Waals surface area contributed by atoms with Crippen molar-refractivity contribution in [2.24, 2.45) is 0 Å². The van der Waals surface area contributed by atoms with Crippen LogP contribution >= 0.6 is 0 Å². The molecule has 6 nitrogen and oxygen atoms in total. The van der Waals surface area contributed by atoms with Crippen LogP contribution < -0.4 is 9.46 Å². The third kappa shape index (κ3) is 7.62. The van der Waals surface area contributed by atoms with Crippen LogP contribution in [-0.2, 0) is 28.8 Å². The molecule has 1 N–H and O–H groups in total. The topological polar surface area (TPSA) is 71.4 Å². The minimum absolute atomic E-state index is 0.112. The molecule has 8 heteroatoms. The van der Waals surface area contributed by atoms with Gasteiger partial charge in [-0.1, -0.05) is 32.9 Å². The summed E-state index contributed by atoms with van der Waals surface area (Å²) >= 11 is -1.20. The Morgan fingerprint density at radius 2 is 1.75 bits per heavy atom. The first-order valence-corrected chi connectivity index (χ1v) is 15.3. The van der Waals surface area contributed by atoms with E-state index in [-0.39, 0.29) is 15.8 Å². The van der Waals surface area contributed by atoms with Crippen LogP contribution in [0.4, 0.5) is 0 Å². The predicted octanol–water partition coefficient (Wildman–Crippen LogP) is 5.25. The zero-order valence-electron chi connectivity index (χ0n) is 21.2. The van der Waals surface area contributed by atoms with Crippen molar-refractivity contribution in [1.29, 1.82) is 0 Å². The maximum absolute atomic E-state index is 12.9. The third-order valence-electron chi connectivity index (χ3n) is 6.05. The van der Waals surface area contributed by atoms with Crippen molar-refractivity contribution in [1.82, 2.24) is 14.5 Å². The standard InChI is InChI=1S/C24H41N3O3SSi/c1-23(2,3)31(28)26-22(16-19-10-12-21(29-7)13-11-19)20-17-25-27(18-20)14-15-30-32(8,9)24(4,5)6/h10-13,17-18,22,26H,14-16H2,1-9H3/t22-,31?/m0/s1. The molecule has 0 aliphatic carbocycles. The molecule has 2 rings (SSSR count). The van der Waals surface area contributed by atoms with Gasteiger partial charge < -0.3 is 13.7 Å². The van der Waals surface area contributed by atoms with E-state index in [1.807, 2.05) is 62.1 Å². The normalized spacial score (nSPS) is 14.9. The fourth-order valence-electron chi connectivity index (χ4n) is 2.82. The highest BCUT2D eigenvalue weighted by molar-refractivity contribution is 7.90. The highest BCUT2D eigenvalue weighted by Crippen LogP contribution is 2.36. The van der Waals surface area contributed by atoms with Crippen molar-refractivity contribution in [3.05, 3.63) is 47.8 Å². The van der Waals surface area contributed by atoms with Gasteiger partial charge in [0.1, 0.15) is 10.5 Å². The molecule has 0 saturated heterocycles. The summed E-state index contributed by atoms with van der Waals surface area (Å²) in [5.41, 5.74) is 2.16. The minimum atomic E-state index is -1.78. The number of hydrogen-bond donors (Lipinski definition) is 1. The fraction of sp³-hybridized carbons (Fsp3) is 0.625. The van der Waals surface area contributed by atoms with E-state index in [1.165, 1.54) is 0 Å². The van der Waals surface area contributed by atoms with Gasteiger partial charge in [-0.25, -0.2) is 0 Å². The Hall–Kier alpha value is -1.32. The first-order chi connectivity index (χ1) is 14.7. The Bertz CT molecular complexity index is 841. The first kappa shape index (κ1) is 26.9. The molecular weight excluding hydrogens is 438 g/mol. The minimum Gasteiger partial charge on any atom is -0.598 e. The molecule has 0 radical (unpaired) electrons. The number of nitrogens with zero attached hydrogens (tertiary/aromatic N) is 2. The summed E-state index contributed by atoms with van der Waals surface area (Å²) in [4.78, 5) is 0. The van der Waals surface area contributed by atoms with Gasteiger partial charge in [-0.2, -0.15) is 5.10 Å². The molecule has 0 saturated carbocycles. The predicted molar refractivity (Wildman–Crippen MR) is 136 cm³/mol. The molecule has 0 spiro atoms. The van der Waals surface area contributed by atoms with E-state index in [9.17, 15) is 4.55 Å². The average Bonchev–Trinajstić information content (AvgIpc) is 3.15. The molecule has 0 bridgehead atoms. The fourth-order valence-corrected chi connectivity index (χ4v) is 4.69. The van der Waals surface area contributed by atoms with Crippen molar-refractivity contribution in [3.8, 4) is 5.75 Å². The summed E-state index contributed by atoms with van der Waals surface area (Å²) in [6.07, 6.45) is 4.61. The zero-order valence-corrected chi connectivity index (χ0v) is 23.0. The van der Waals surface area contributed by atoms with Crippen molar-refractivity contribution < 1.29 is 13.7 Å². The first-order valence-electron chi connectivity index (χ1n) is 11.2. The Kier molecular flexibility index (Phi) is 9.03. The van der Waals surface area contributed by atoms with E-state index in [4.69, 9.17) is 9.16 Å². The Balaban J connectivity index is 2.12. The molecule has 0 aliphatic heterocycles. The number of nitrogens with one attached hydrogen (secondary N) is 1. The number of rotatable bonds is 10. The van der Waals surface area contributed by atoms with E-state index in [0.29, 0.717) is 19.6 Å². The summed E-state index contributed by atoms with van der Waals surface area (Å²) in [6, 6.07) is 7.89. The molecule has 1 unspecified atom stereocenters. The largest absolute Gasteiger partial charge is 0.598 e. The van der Waals surface area contributed by atoms with Crippen LogP contribution in [0.3, 0.4) is 0 Å². The van der Waals surface area contributed by atoms with Crippen LogP contribution in [0.15, 0.2) is 36.7 Å². The molecule has 2 aromatic rings. The van der Waals surface area contributed by atoms with Crippen molar-refractivity contribution in [2.45, 2.75) is 83.4 Å². The summed E-state index contributed by atoms with van der Waals surface area (Å²) in [5, 5.41) is 4.74. The highest BCUT2D eigenvalue weighted by Gasteiger charge is 2.37. The van der Waals surface area contributed by atoms with Crippen LogP contribution in [0, 0.1) is 0 Å². The molecule has 2 atom stereocenters. The van der Waals surface area contributed by atoms with Crippen molar-refractivity contribution >= 4 is 19.7 Å². The van der Waals surface area contributed by atoms with Gasteiger partial charge in [0.2, 0.25) is 0 Å². The molecule has 0 fully saturated rings. The molecule has 0 amide bonds. The monoisotopic (exact) mass is 479 g/mol.